The molecule has 3 aromatic carbocycles. The van der Waals surface area contributed by atoms with E-state index >= 15 is 22.0 Å². The molecule has 0 N–H and O–H groups in total. The Morgan fingerprint density at radius 2 is 1.07 bits per heavy atom. The van der Waals surface area contributed by atoms with Gasteiger partial charge < -0.3 is 4.43 Å². The van der Waals surface area contributed by atoms with Gasteiger partial charge in [-0.05, 0) is 17.6 Å². The van der Waals surface area contributed by atoms with Crippen molar-refractivity contribution in [3.8, 4) is 5.75 Å². The summed E-state index contributed by atoms with van der Waals surface area (Å²) < 4.78 is 127. The zero-order chi connectivity index (χ0) is 34.4. The first-order valence-corrected chi connectivity index (χ1v) is 22.0. The van der Waals surface area contributed by atoms with Gasteiger partial charge in [0.2, 0.25) is 5.82 Å². The third-order valence-corrected chi connectivity index (χ3v) is 21.4. The summed E-state index contributed by atoms with van der Waals surface area (Å²) in [6.45, 7) is 12.5. The molecule has 257 valence electrons. The molecule has 11 heteroatoms. The molecule has 1 atom stereocenters. The van der Waals surface area contributed by atoms with Crippen molar-refractivity contribution in [2.75, 3.05) is 0 Å². The van der Waals surface area contributed by atoms with Crippen molar-refractivity contribution in [1.29, 1.82) is 0 Å². The molecule has 3 aromatic rings. The Kier molecular flexibility index (Phi) is 13.6. The lowest BCUT2D eigenvalue weighted by molar-refractivity contribution is 0.407. The zero-order valence-electron chi connectivity index (χ0n) is 27.9. The molecule has 1 nitrogen and oxygen atoms in total. The van der Waals surface area contributed by atoms with E-state index in [9.17, 15) is 13.2 Å². The summed E-state index contributed by atoms with van der Waals surface area (Å²) in [5.74, 6) is -16.7. The third-order valence-electron chi connectivity index (χ3n) is 10.4. The largest absolute Gasteiger partial charge is 0.539 e. The summed E-state index contributed by atoms with van der Waals surface area (Å²) in [5.41, 5.74) is -0.173. The van der Waals surface area contributed by atoms with Crippen molar-refractivity contribution < 1.29 is 39.5 Å². The van der Waals surface area contributed by atoms with Crippen LogP contribution in [0.15, 0.2) is 0 Å². The van der Waals surface area contributed by atoms with Crippen LogP contribution < -0.4 is 4.43 Å². The number of rotatable bonds is 18. The van der Waals surface area contributed by atoms with E-state index in [4.69, 9.17) is 4.43 Å². The van der Waals surface area contributed by atoms with Gasteiger partial charge in [-0.1, -0.05) is 117 Å². The molecular weight excluding hydrogens is 645 g/mol. The average molecular weight is 692 g/mol. The van der Waals surface area contributed by atoms with Crippen LogP contribution in [0.25, 0.3) is 21.5 Å². The van der Waals surface area contributed by atoms with Gasteiger partial charge in [0, 0.05) is 11.5 Å². The fourth-order valence-electron chi connectivity index (χ4n) is 6.85. The molecule has 0 aliphatic rings. The maximum Gasteiger partial charge on any atom is 0.254 e. The van der Waals surface area contributed by atoms with Crippen LogP contribution in [0.5, 0.6) is 5.75 Å². The van der Waals surface area contributed by atoms with E-state index in [0.717, 1.165) is 75.5 Å². The molecule has 0 saturated heterocycles. The highest BCUT2D eigenvalue weighted by Gasteiger charge is 2.43. The number of fused-ring (bicyclic) bond motifs is 2. The first kappa shape index (κ1) is 38.3. The lowest BCUT2D eigenvalue weighted by atomic mass is 9.99. The summed E-state index contributed by atoms with van der Waals surface area (Å²) in [6.07, 6.45) is 7.82. The van der Waals surface area contributed by atoms with Gasteiger partial charge in [0.25, 0.3) is 8.32 Å². The zero-order valence-corrected chi connectivity index (χ0v) is 29.9. The Morgan fingerprint density at radius 1 is 0.543 bits per heavy atom. The summed E-state index contributed by atoms with van der Waals surface area (Å²) >= 11 is 0. The minimum Gasteiger partial charge on any atom is -0.539 e. The Hall–Kier alpha value is -2.15. The molecule has 0 spiro atoms. The number of hydrogen-bond donors (Lipinski definition) is 0. The van der Waals surface area contributed by atoms with Crippen LogP contribution >= 0.6 is 0 Å². The maximum atomic E-state index is 16.2. The molecule has 0 fully saturated rings. The smallest absolute Gasteiger partial charge is 0.254 e. The predicted octanol–water partition coefficient (Wildman–Crippen LogP) is 13.3. The van der Waals surface area contributed by atoms with Crippen molar-refractivity contribution in [2.45, 2.75) is 135 Å². The van der Waals surface area contributed by atoms with Gasteiger partial charge in [0.1, 0.15) is 11.6 Å². The topological polar surface area (TPSA) is 9.23 Å². The molecule has 0 aliphatic carbocycles. The lowest BCUT2D eigenvalue weighted by Gasteiger charge is -2.37. The van der Waals surface area contributed by atoms with Crippen molar-refractivity contribution >= 4 is 37.9 Å². The summed E-state index contributed by atoms with van der Waals surface area (Å²) in [7, 11) is -4.69. The van der Waals surface area contributed by atoms with Gasteiger partial charge in [0.15, 0.2) is 34.8 Å². The third kappa shape index (κ3) is 7.60. The highest BCUT2D eigenvalue weighted by molar-refractivity contribution is 6.80. The van der Waals surface area contributed by atoms with Gasteiger partial charge in [-0.25, -0.2) is 30.7 Å². The minimum atomic E-state index is -3.14. The number of hydrogen-bond acceptors (Lipinski definition) is 1. The van der Waals surface area contributed by atoms with Crippen molar-refractivity contribution in [3.63, 3.8) is 0 Å². The van der Waals surface area contributed by atoms with E-state index in [-0.39, 0.29) is 5.54 Å². The molecular formula is C35H47F8OSi2. The van der Waals surface area contributed by atoms with Crippen molar-refractivity contribution in [1.82, 2.24) is 0 Å². The second-order valence-corrected chi connectivity index (χ2v) is 23.2. The van der Waals surface area contributed by atoms with Crippen LogP contribution in [0.2, 0.25) is 41.8 Å². The fraction of sp³-hybridized carbons (Fsp3) is 0.600. The molecule has 0 amide bonds. The monoisotopic (exact) mass is 691 g/mol. The molecule has 0 bridgehead atoms. The summed E-state index contributed by atoms with van der Waals surface area (Å²) in [6, 6.07) is 6.87. The summed E-state index contributed by atoms with van der Waals surface area (Å²) in [5, 5.41) is -5.65. The first-order valence-electron chi connectivity index (χ1n) is 16.8. The molecule has 1 radical (unpaired) electrons. The fourth-order valence-corrected chi connectivity index (χ4v) is 14.7. The molecule has 1 unspecified atom stereocenters. The summed E-state index contributed by atoms with van der Waals surface area (Å²) in [4.78, 5) is 0. The van der Waals surface area contributed by atoms with Crippen LogP contribution in [0.1, 0.15) is 92.9 Å². The van der Waals surface area contributed by atoms with Crippen LogP contribution in [0.3, 0.4) is 0 Å². The Bertz CT molecular complexity index is 1500. The highest BCUT2D eigenvalue weighted by atomic mass is 28.4. The number of halogens is 8. The van der Waals surface area contributed by atoms with Crippen molar-refractivity contribution in [2.24, 2.45) is 0 Å². The van der Waals surface area contributed by atoms with Gasteiger partial charge in [-0.3, -0.25) is 0 Å². The van der Waals surface area contributed by atoms with Gasteiger partial charge in [-0.15, -0.1) is 0 Å². The second-order valence-electron chi connectivity index (χ2n) is 13.1. The Morgan fingerprint density at radius 3 is 1.63 bits per heavy atom. The first-order chi connectivity index (χ1) is 21.8. The Balaban J connectivity index is 2.15. The maximum absolute atomic E-state index is 16.2. The molecule has 0 heterocycles. The van der Waals surface area contributed by atoms with E-state index in [1.807, 2.05) is 13.8 Å². The number of benzene rings is 3. The molecule has 0 aliphatic heterocycles. The lowest BCUT2D eigenvalue weighted by Crippen LogP contribution is -2.46. The van der Waals surface area contributed by atoms with Gasteiger partial charge >= 0.3 is 0 Å². The Labute approximate surface area is 270 Å². The normalized spacial score (nSPS) is 13.7. The van der Waals surface area contributed by atoms with Gasteiger partial charge in [0.05, 0.1) is 24.2 Å². The molecule has 0 saturated carbocycles. The van der Waals surface area contributed by atoms with E-state index in [1.54, 1.807) is 0 Å². The van der Waals surface area contributed by atoms with Crippen LogP contribution in [-0.2, 0) is 0 Å². The van der Waals surface area contributed by atoms with E-state index in [1.165, 1.54) is 6.07 Å². The average Bonchev–Trinajstić information content (AvgIpc) is 3.03. The molecule has 0 aromatic heterocycles. The van der Waals surface area contributed by atoms with Gasteiger partial charge in [-0.2, -0.15) is 4.39 Å². The van der Waals surface area contributed by atoms with Crippen LogP contribution in [0.4, 0.5) is 35.1 Å². The van der Waals surface area contributed by atoms with E-state index in [2.05, 4.69) is 27.7 Å². The van der Waals surface area contributed by atoms with Crippen LogP contribution in [-0.4, -0.2) is 16.4 Å². The standard InChI is InChI=1S/C35H47F8OSi2/c1-7-11-12-13-14-15-16-19-46(22(5)6,20-17-18-45(8-2,9-3)10-4)44-35-33(42)27-26(32(41)34(35)43)28(37)23-21-24(36)29(38)31(40)25(23)30(27)39/h22H,7-20H2,1-6H3. The second kappa shape index (κ2) is 16.3. The molecule has 3 rings (SSSR count). The quantitative estimate of drug-likeness (QED) is 0.0322. The highest BCUT2D eigenvalue weighted by Crippen LogP contribution is 2.44. The SMILES string of the molecule is CCCCCCCCC[Si](CCC[Si](CC)(CC)CC)(Oc1c(F)c(F)c2c(F)c3[c]c(F)c(F)c(F)c3c(F)c2c1F)C(C)C. The minimum absolute atomic E-state index is 0.173. The number of unbranched alkanes of at least 4 members (excludes halogenated alkanes) is 6. The van der Waals surface area contributed by atoms with Crippen molar-refractivity contribution in [3.05, 3.63) is 52.6 Å². The molecule has 46 heavy (non-hydrogen) atoms. The van der Waals surface area contributed by atoms with E-state index < -0.39 is 90.2 Å². The van der Waals surface area contributed by atoms with E-state index in [0.29, 0.717) is 12.1 Å². The predicted molar refractivity (Wildman–Crippen MR) is 176 cm³/mol. The van der Waals surface area contributed by atoms with Crippen LogP contribution in [0, 0.1) is 52.6 Å².